The summed E-state index contributed by atoms with van der Waals surface area (Å²) in [4.78, 5) is 0. The fourth-order valence-corrected chi connectivity index (χ4v) is 1.57. The standard InChI is InChI=1S/C10H28N6/c11-1-3-13-5-7-15-9-10-16-8-6-14-4-2-12/h13-16H,1-12H2/p+6. The van der Waals surface area contributed by atoms with Crippen LogP contribution in [-0.4, -0.2) is 65.4 Å². The molecule has 0 rings (SSSR count). The number of hydrogen-bond donors (Lipinski definition) is 6. The maximum absolute atomic E-state index is 3.82. The first-order chi connectivity index (χ1) is 7.91. The molecule has 14 N–H and O–H groups in total. The van der Waals surface area contributed by atoms with Crippen LogP contribution >= 0.6 is 0 Å². The lowest BCUT2D eigenvalue weighted by Crippen LogP contribution is -3.01. The van der Waals surface area contributed by atoms with Gasteiger partial charge in [0, 0.05) is 0 Å². The second kappa shape index (κ2) is 14.8. The summed E-state index contributed by atoms with van der Waals surface area (Å²) in [6.45, 7) is 11.8. The highest BCUT2D eigenvalue weighted by Gasteiger charge is 1.96. The Morgan fingerprint density at radius 3 is 0.938 bits per heavy atom. The quantitative estimate of drug-likeness (QED) is 0.171. The molecule has 0 amide bonds. The van der Waals surface area contributed by atoms with Gasteiger partial charge in [-0.1, -0.05) is 0 Å². The smallest absolute Gasteiger partial charge is 0.125 e. The molecule has 0 aromatic rings. The Kier molecular flexibility index (Phi) is 14.5. The topological polar surface area (TPSA) is 122 Å². The normalized spacial score (nSPS) is 10.9. The second-order valence-corrected chi connectivity index (χ2v) is 4.17. The number of rotatable bonds is 13. The van der Waals surface area contributed by atoms with Crippen LogP contribution < -0.4 is 32.7 Å². The Morgan fingerprint density at radius 1 is 0.438 bits per heavy atom. The molecule has 0 aliphatic heterocycles. The molecule has 0 saturated carbocycles. The molecule has 0 aliphatic rings. The molecule has 0 aromatic carbocycles. The number of nitrogens with two attached hydrogens (primary N) is 4. The van der Waals surface area contributed by atoms with E-state index < -0.39 is 0 Å². The Morgan fingerprint density at radius 2 is 0.688 bits per heavy atom. The zero-order chi connectivity index (χ0) is 11.9. The third-order valence-electron chi connectivity index (χ3n) is 2.54. The molecular formula is C10H34N6+6. The summed E-state index contributed by atoms with van der Waals surface area (Å²) < 4.78 is 0. The summed E-state index contributed by atoms with van der Waals surface area (Å²) in [5.41, 5.74) is 7.64. The minimum Gasteiger partial charge on any atom is -0.353 e. The molecule has 0 atom stereocenters. The van der Waals surface area contributed by atoms with Crippen molar-refractivity contribution in [2.24, 2.45) is 0 Å². The largest absolute Gasteiger partial charge is 0.353 e. The van der Waals surface area contributed by atoms with Crippen LogP contribution in [0.2, 0.25) is 0 Å². The van der Waals surface area contributed by atoms with E-state index in [1.807, 2.05) is 0 Å². The van der Waals surface area contributed by atoms with Gasteiger partial charge >= 0.3 is 0 Å². The molecular weight excluding hydrogens is 204 g/mol. The summed E-state index contributed by atoms with van der Waals surface area (Å²) in [6, 6.07) is 0. The van der Waals surface area contributed by atoms with Gasteiger partial charge in [-0.15, -0.1) is 0 Å². The maximum atomic E-state index is 3.82. The third-order valence-corrected chi connectivity index (χ3v) is 2.54. The van der Waals surface area contributed by atoms with E-state index in [2.05, 4.69) is 32.7 Å². The lowest BCUT2D eigenvalue weighted by atomic mass is 10.5. The van der Waals surface area contributed by atoms with Crippen LogP contribution in [0.5, 0.6) is 0 Å². The van der Waals surface area contributed by atoms with Gasteiger partial charge in [0.1, 0.15) is 65.4 Å². The van der Waals surface area contributed by atoms with Gasteiger partial charge in [-0.05, 0) is 0 Å². The molecule has 0 saturated heterocycles. The summed E-state index contributed by atoms with van der Waals surface area (Å²) in [7, 11) is 0. The molecule has 6 heteroatoms. The van der Waals surface area contributed by atoms with E-state index in [4.69, 9.17) is 0 Å². The Bertz CT molecular complexity index is 108. The Hall–Kier alpha value is -0.240. The van der Waals surface area contributed by atoms with E-state index in [0.29, 0.717) is 0 Å². The highest BCUT2D eigenvalue weighted by Crippen LogP contribution is 1.38. The zero-order valence-corrected chi connectivity index (χ0v) is 10.8. The lowest BCUT2D eigenvalue weighted by molar-refractivity contribution is -0.765. The van der Waals surface area contributed by atoms with E-state index in [1.165, 1.54) is 52.4 Å². The highest BCUT2D eigenvalue weighted by molar-refractivity contribution is 4.21. The van der Waals surface area contributed by atoms with Crippen molar-refractivity contribution < 1.29 is 32.7 Å². The van der Waals surface area contributed by atoms with Crippen LogP contribution in [0.3, 0.4) is 0 Å². The van der Waals surface area contributed by atoms with E-state index in [1.54, 1.807) is 0 Å². The van der Waals surface area contributed by atoms with E-state index in [0.717, 1.165) is 13.1 Å². The summed E-state index contributed by atoms with van der Waals surface area (Å²) in [5, 5.41) is 9.52. The van der Waals surface area contributed by atoms with Crippen LogP contribution in [0, 0.1) is 0 Å². The van der Waals surface area contributed by atoms with Gasteiger partial charge < -0.3 is 32.7 Å². The number of quaternary nitrogens is 6. The first-order valence-corrected chi connectivity index (χ1v) is 6.77. The van der Waals surface area contributed by atoms with Gasteiger partial charge in [0.25, 0.3) is 0 Å². The van der Waals surface area contributed by atoms with E-state index >= 15 is 0 Å². The monoisotopic (exact) mass is 238 g/mol. The molecule has 0 heterocycles. The van der Waals surface area contributed by atoms with Gasteiger partial charge in [0.05, 0.1) is 0 Å². The molecule has 0 fully saturated rings. The Balaban J connectivity index is 2.83. The molecule has 6 nitrogen and oxygen atoms in total. The van der Waals surface area contributed by atoms with Crippen LogP contribution in [0.15, 0.2) is 0 Å². The fraction of sp³-hybridized carbons (Fsp3) is 1.00. The maximum Gasteiger partial charge on any atom is 0.125 e. The molecule has 0 aromatic heterocycles. The summed E-state index contributed by atoms with van der Waals surface area (Å²) >= 11 is 0. The summed E-state index contributed by atoms with van der Waals surface area (Å²) in [6.07, 6.45) is 0. The van der Waals surface area contributed by atoms with Crippen molar-refractivity contribution in [3.05, 3.63) is 0 Å². The average molecular weight is 238 g/mol. The highest BCUT2D eigenvalue weighted by atomic mass is 15.0. The third kappa shape index (κ3) is 13.8. The lowest BCUT2D eigenvalue weighted by Gasteiger charge is -2.01. The van der Waals surface area contributed by atoms with Crippen molar-refractivity contribution in [2.45, 2.75) is 0 Å². The molecule has 0 bridgehead atoms. The first kappa shape index (κ1) is 15.8. The van der Waals surface area contributed by atoms with Crippen LogP contribution in [0.4, 0.5) is 0 Å². The predicted molar refractivity (Wildman–Crippen MR) is 62.1 cm³/mol. The van der Waals surface area contributed by atoms with Crippen molar-refractivity contribution in [1.82, 2.24) is 0 Å². The minimum absolute atomic E-state index is 1.04. The predicted octanol–water partition coefficient (Wildman–Crippen LogP) is -8.28. The van der Waals surface area contributed by atoms with E-state index in [9.17, 15) is 0 Å². The average Bonchev–Trinajstić information content (AvgIpc) is 2.31. The Labute approximate surface area is 98.9 Å². The van der Waals surface area contributed by atoms with Crippen LogP contribution in [-0.2, 0) is 0 Å². The molecule has 0 aliphatic carbocycles. The van der Waals surface area contributed by atoms with Gasteiger partial charge in [-0.2, -0.15) is 0 Å². The molecule has 0 radical (unpaired) electrons. The fourth-order valence-electron chi connectivity index (χ4n) is 1.57. The van der Waals surface area contributed by atoms with Crippen molar-refractivity contribution >= 4 is 0 Å². The minimum atomic E-state index is 1.04. The molecule has 0 unspecified atom stereocenters. The molecule has 0 spiro atoms. The van der Waals surface area contributed by atoms with Crippen LogP contribution in [0.1, 0.15) is 0 Å². The van der Waals surface area contributed by atoms with E-state index in [-0.39, 0.29) is 0 Å². The van der Waals surface area contributed by atoms with Gasteiger partial charge in [0.15, 0.2) is 0 Å². The van der Waals surface area contributed by atoms with Crippen molar-refractivity contribution in [3.8, 4) is 0 Å². The van der Waals surface area contributed by atoms with Gasteiger partial charge in [-0.3, -0.25) is 0 Å². The number of hydrogen-bond acceptors (Lipinski definition) is 0. The SMILES string of the molecule is [NH3+]CC[NH2+]CC[NH2+]CC[NH2+]CC[NH2+]CC[NH3+]. The summed E-state index contributed by atoms with van der Waals surface area (Å²) in [5.74, 6) is 0. The second-order valence-electron chi connectivity index (χ2n) is 4.17. The van der Waals surface area contributed by atoms with Crippen molar-refractivity contribution in [3.63, 3.8) is 0 Å². The van der Waals surface area contributed by atoms with Crippen LogP contribution in [0.25, 0.3) is 0 Å². The zero-order valence-electron chi connectivity index (χ0n) is 10.8. The van der Waals surface area contributed by atoms with Crippen molar-refractivity contribution in [1.29, 1.82) is 0 Å². The molecule has 98 valence electrons. The van der Waals surface area contributed by atoms with Crippen molar-refractivity contribution in [2.75, 3.05) is 65.4 Å². The van der Waals surface area contributed by atoms with Gasteiger partial charge in [-0.25, -0.2) is 0 Å². The first-order valence-electron chi connectivity index (χ1n) is 6.77. The molecule has 16 heavy (non-hydrogen) atoms. The van der Waals surface area contributed by atoms with Gasteiger partial charge in [0.2, 0.25) is 0 Å².